The maximum Gasteiger partial charge on any atom is 0.189 e. The van der Waals surface area contributed by atoms with Crippen molar-refractivity contribution in [2.24, 2.45) is 0 Å². The molecular weight excluding hydrogens is 284 g/mol. The summed E-state index contributed by atoms with van der Waals surface area (Å²) in [5.41, 5.74) is 1.50. The molecule has 3 rings (SSSR count). The number of carbonyl (C=O) groups excluding carboxylic acids is 1. The van der Waals surface area contributed by atoms with E-state index in [9.17, 15) is 4.79 Å². The van der Waals surface area contributed by atoms with E-state index in [1.807, 2.05) is 78.9 Å². The zero-order valence-corrected chi connectivity index (χ0v) is 12.6. The lowest BCUT2D eigenvalue weighted by atomic mass is 10.1. The fraction of sp³-hybridized carbons (Fsp3) is 0. The van der Waals surface area contributed by atoms with Gasteiger partial charge < -0.3 is 4.74 Å². The van der Waals surface area contributed by atoms with E-state index in [4.69, 9.17) is 4.74 Å². The van der Waals surface area contributed by atoms with Crippen LogP contribution in [0.5, 0.6) is 5.75 Å². The quantitative estimate of drug-likeness (QED) is 0.377. The van der Waals surface area contributed by atoms with Crippen molar-refractivity contribution >= 4 is 11.5 Å². The lowest BCUT2D eigenvalue weighted by Gasteiger charge is -2.10. The fourth-order valence-corrected chi connectivity index (χ4v) is 2.19. The first-order valence-corrected chi connectivity index (χ1v) is 7.42. The van der Waals surface area contributed by atoms with Gasteiger partial charge in [0, 0.05) is 17.2 Å². The first-order chi connectivity index (χ1) is 11.3. The summed E-state index contributed by atoms with van der Waals surface area (Å²) in [4.78, 5) is 12.5. The van der Waals surface area contributed by atoms with Gasteiger partial charge in [0.05, 0.1) is 0 Å². The number of hydrogen-bond donors (Lipinski definition) is 0. The molecule has 0 atom stereocenters. The minimum absolute atomic E-state index is 0.0830. The Kier molecular flexibility index (Phi) is 4.65. The third-order valence-electron chi connectivity index (χ3n) is 3.35. The van der Waals surface area contributed by atoms with Gasteiger partial charge in [-0.3, -0.25) is 4.79 Å². The van der Waals surface area contributed by atoms with Crippen LogP contribution in [0, 0.1) is 0 Å². The maximum atomic E-state index is 12.5. The molecule has 0 heterocycles. The van der Waals surface area contributed by atoms with Crippen molar-refractivity contribution in [2.75, 3.05) is 0 Å². The van der Waals surface area contributed by atoms with Gasteiger partial charge in [0.25, 0.3) is 0 Å². The highest BCUT2D eigenvalue weighted by Gasteiger charge is 2.09. The Morgan fingerprint density at radius 1 is 0.652 bits per heavy atom. The molecule has 2 heteroatoms. The molecular formula is C21H16O2. The Morgan fingerprint density at radius 2 is 1.13 bits per heavy atom. The van der Waals surface area contributed by atoms with E-state index in [0.717, 1.165) is 5.56 Å². The molecule has 0 amide bonds. The Bertz CT molecular complexity index is 791. The highest BCUT2D eigenvalue weighted by atomic mass is 16.5. The van der Waals surface area contributed by atoms with Crippen LogP contribution >= 0.6 is 0 Å². The Balaban J connectivity index is 1.95. The fourth-order valence-electron chi connectivity index (χ4n) is 2.19. The number of para-hydroxylation sites is 1. The van der Waals surface area contributed by atoms with Gasteiger partial charge in [0.1, 0.15) is 11.5 Å². The molecule has 0 aliphatic carbocycles. The molecule has 0 aliphatic rings. The molecule has 0 fully saturated rings. The highest BCUT2D eigenvalue weighted by Crippen LogP contribution is 2.21. The Labute approximate surface area is 135 Å². The maximum absolute atomic E-state index is 12.5. The Morgan fingerprint density at radius 3 is 1.70 bits per heavy atom. The average Bonchev–Trinajstić information content (AvgIpc) is 2.63. The molecule has 112 valence electrons. The zero-order valence-electron chi connectivity index (χ0n) is 12.6. The molecule has 0 radical (unpaired) electrons. The molecule has 0 saturated heterocycles. The third kappa shape index (κ3) is 3.95. The van der Waals surface area contributed by atoms with E-state index in [1.54, 1.807) is 12.1 Å². The van der Waals surface area contributed by atoms with Crippen LogP contribution in [0.25, 0.3) is 5.76 Å². The van der Waals surface area contributed by atoms with E-state index < -0.39 is 0 Å². The number of benzene rings is 3. The number of rotatable bonds is 5. The van der Waals surface area contributed by atoms with Gasteiger partial charge >= 0.3 is 0 Å². The van der Waals surface area contributed by atoms with Crippen LogP contribution in [-0.2, 0) is 0 Å². The molecule has 0 aliphatic heterocycles. The summed E-state index contributed by atoms with van der Waals surface area (Å²) in [5, 5.41) is 0. The molecule has 0 bridgehead atoms. The van der Waals surface area contributed by atoms with Crippen molar-refractivity contribution in [3.05, 3.63) is 108 Å². The van der Waals surface area contributed by atoms with Crippen LogP contribution < -0.4 is 4.74 Å². The van der Waals surface area contributed by atoms with Gasteiger partial charge in [-0.2, -0.15) is 0 Å². The molecule has 0 saturated carbocycles. The second-order valence-electron chi connectivity index (χ2n) is 5.02. The predicted octanol–water partition coefficient (Wildman–Crippen LogP) is 4.99. The largest absolute Gasteiger partial charge is 0.457 e. The minimum Gasteiger partial charge on any atom is -0.457 e. The van der Waals surface area contributed by atoms with E-state index in [0.29, 0.717) is 17.1 Å². The van der Waals surface area contributed by atoms with Crippen LogP contribution in [0.2, 0.25) is 0 Å². The smallest absolute Gasteiger partial charge is 0.189 e. The highest BCUT2D eigenvalue weighted by molar-refractivity contribution is 6.08. The lowest BCUT2D eigenvalue weighted by molar-refractivity contribution is 0.104. The summed E-state index contributed by atoms with van der Waals surface area (Å²) in [6, 6.07) is 28.3. The van der Waals surface area contributed by atoms with E-state index in [1.165, 1.54) is 6.08 Å². The summed E-state index contributed by atoms with van der Waals surface area (Å²) in [7, 11) is 0. The van der Waals surface area contributed by atoms with E-state index >= 15 is 0 Å². The van der Waals surface area contributed by atoms with Gasteiger partial charge in [0.15, 0.2) is 5.78 Å². The Hall–Kier alpha value is -3.13. The second-order valence-corrected chi connectivity index (χ2v) is 5.02. The molecule has 0 aromatic heterocycles. The lowest BCUT2D eigenvalue weighted by Crippen LogP contribution is -2.01. The topological polar surface area (TPSA) is 26.3 Å². The van der Waals surface area contributed by atoms with Crippen LogP contribution in [0.1, 0.15) is 15.9 Å². The third-order valence-corrected chi connectivity index (χ3v) is 3.35. The van der Waals surface area contributed by atoms with Crippen molar-refractivity contribution in [3.63, 3.8) is 0 Å². The number of carbonyl (C=O) groups is 1. The molecule has 23 heavy (non-hydrogen) atoms. The van der Waals surface area contributed by atoms with Crippen molar-refractivity contribution < 1.29 is 9.53 Å². The molecule has 3 aromatic carbocycles. The van der Waals surface area contributed by atoms with Crippen LogP contribution in [0.4, 0.5) is 0 Å². The van der Waals surface area contributed by atoms with Gasteiger partial charge in [-0.05, 0) is 12.1 Å². The standard InChI is InChI=1S/C21H16O2/c22-20(17-10-4-1-5-11-17)16-21(18-12-6-2-7-13-18)23-19-14-8-3-9-15-19/h1-16H/b21-16-. The van der Waals surface area contributed by atoms with E-state index in [2.05, 4.69) is 0 Å². The summed E-state index contributed by atoms with van der Waals surface area (Å²) in [5.74, 6) is 1.15. The summed E-state index contributed by atoms with van der Waals surface area (Å²) >= 11 is 0. The number of ketones is 1. The second kappa shape index (κ2) is 7.23. The molecule has 0 unspecified atom stereocenters. The molecule has 3 aromatic rings. The number of hydrogen-bond acceptors (Lipinski definition) is 2. The van der Waals surface area contributed by atoms with Crippen LogP contribution in [0.15, 0.2) is 97.1 Å². The summed E-state index contributed by atoms with van der Waals surface area (Å²) in [6.45, 7) is 0. The number of allylic oxidation sites excluding steroid dienone is 1. The minimum atomic E-state index is -0.0830. The molecule has 0 N–H and O–H groups in total. The molecule has 2 nitrogen and oxygen atoms in total. The zero-order chi connectivity index (χ0) is 15.9. The van der Waals surface area contributed by atoms with Crippen LogP contribution in [0.3, 0.4) is 0 Å². The summed E-state index contributed by atoms with van der Waals surface area (Å²) in [6.07, 6.45) is 1.54. The molecule has 0 spiro atoms. The van der Waals surface area contributed by atoms with Crippen molar-refractivity contribution in [2.45, 2.75) is 0 Å². The van der Waals surface area contributed by atoms with Gasteiger partial charge in [-0.25, -0.2) is 0 Å². The monoisotopic (exact) mass is 300 g/mol. The van der Waals surface area contributed by atoms with Gasteiger partial charge in [-0.15, -0.1) is 0 Å². The normalized spacial score (nSPS) is 11.0. The summed E-state index contributed by atoms with van der Waals surface area (Å²) < 4.78 is 5.93. The van der Waals surface area contributed by atoms with Crippen molar-refractivity contribution in [3.8, 4) is 5.75 Å². The SMILES string of the molecule is O=C(/C=C(\Oc1ccccc1)c1ccccc1)c1ccccc1. The predicted molar refractivity (Wildman–Crippen MR) is 92.3 cm³/mol. The van der Waals surface area contributed by atoms with Crippen molar-refractivity contribution in [1.29, 1.82) is 0 Å². The van der Waals surface area contributed by atoms with Crippen LogP contribution in [-0.4, -0.2) is 5.78 Å². The first kappa shape index (κ1) is 14.8. The van der Waals surface area contributed by atoms with Crippen molar-refractivity contribution in [1.82, 2.24) is 0 Å². The first-order valence-electron chi connectivity index (χ1n) is 7.42. The van der Waals surface area contributed by atoms with Gasteiger partial charge in [0.2, 0.25) is 0 Å². The number of ether oxygens (including phenoxy) is 1. The van der Waals surface area contributed by atoms with Gasteiger partial charge in [-0.1, -0.05) is 78.9 Å². The average molecular weight is 300 g/mol. The van der Waals surface area contributed by atoms with E-state index in [-0.39, 0.29) is 5.78 Å².